The average molecular weight is 340 g/mol. The topological polar surface area (TPSA) is 38.8 Å². The van der Waals surface area contributed by atoms with Crippen LogP contribution < -0.4 is 4.74 Å². The number of ether oxygens (including phenoxy) is 1. The summed E-state index contributed by atoms with van der Waals surface area (Å²) in [6.07, 6.45) is 0. The molecule has 0 aromatic heterocycles. The molecule has 0 aliphatic carbocycles. The SMILES string of the molecule is CON(C)C(=O)c1ccc(OCc2ccc(Cl)c(Cl)c2)cc1. The fraction of sp³-hybridized carbons (Fsp3) is 0.188. The van der Waals surface area contributed by atoms with Crippen molar-refractivity contribution in [2.24, 2.45) is 0 Å². The summed E-state index contributed by atoms with van der Waals surface area (Å²) in [6, 6.07) is 12.2. The zero-order valence-electron chi connectivity index (χ0n) is 12.2. The van der Waals surface area contributed by atoms with E-state index >= 15 is 0 Å². The Hall–Kier alpha value is -1.75. The third-order valence-corrected chi connectivity index (χ3v) is 3.79. The van der Waals surface area contributed by atoms with Gasteiger partial charge in [-0.2, -0.15) is 0 Å². The Morgan fingerprint density at radius 2 is 1.77 bits per heavy atom. The molecule has 116 valence electrons. The van der Waals surface area contributed by atoms with Crippen LogP contribution in [-0.4, -0.2) is 25.1 Å². The van der Waals surface area contributed by atoms with Gasteiger partial charge in [-0.25, -0.2) is 5.06 Å². The number of carbonyl (C=O) groups excluding carboxylic acids is 1. The summed E-state index contributed by atoms with van der Waals surface area (Å²) in [7, 11) is 2.99. The van der Waals surface area contributed by atoms with Gasteiger partial charge in [0.1, 0.15) is 12.4 Å². The molecule has 1 amide bonds. The van der Waals surface area contributed by atoms with Crippen LogP contribution in [0.1, 0.15) is 15.9 Å². The molecule has 22 heavy (non-hydrogen) atoms. The fourth-order valence-corrected chi connectivity index (χ4v) is 2.08. The smallest absolute Gasteiger partial charge is 0.277 e. The molecule has 0 saturated carbocycles. The maximum Gasteiger partial charge on any atom is 0.277 e. The Morgan fingerprint density at radius 1 is 1.09 bits per heavy atom. The molecule has 2 aromatic carbocycles. The molecule has 6 heteroatoms. The van der Waals surface area contributed by atoms with E-state index in [1.54, 1.807) is 43.4 Å². The molecule has 0 atom stereocenters. The van der Waals surface area contributed by atoms with Gasteiger partial charge in [-0.05, 0) is 42.0 Å². The monoisotopic (exact) mass is 339 g/mol. The Balaban J connectivity index is 1.99. The van der Waals surface area contributed by atoms with E-state index in [1.165, 1.54) is 7.11 Å². The maximum atomic E-state index is 11.9. The third-order valence-electron chi connectivity index (χ3n) is 3.05. The van der Waals surface area contributed by atoms with Gasteiger partial charge >= 0.3 is 0 Å². The van der Waals surface area contributed by atoms with Crippen LogP contribution in [0.5, 0.6) is 5.75 Å². The Morgan fingerprint density at radius 3 is 2.36 bits per heavy atom. The molecule has 0 spiro atoms. The van der Waals surface area contributed by atoms with Crippen LogP contribution in [0.15, 0.2) is 42.5 Å². The zero-order valence-corrected chi connectivity index (χ0v) is 13.7. The summed E-state index contributed by atoms with van der Waals surface area (Å²) in [4.78, 5) is 16.7. The molecule has 2 aromatic rings. The number of carbonyl (C=O) groups is 1. The predicted molar refractivity (Wildman–Crippen MR) is 86.3 cm³/mol. The summed E-state index contributed by atoms with van der Waals surface area (Å²) in [5.41, 5.74) is 1.43. The summed E-state index contributed by atoms with van der Waals surface area (Å²) in [5.74, 6) is 0.432. The minimum Gasteiger partial charge on any atom is -0.489 e. The van der Waals surface area contributed by atoms with Crippen molar-refractivity contribution in [3.8, 4) is 5.75 Å². The highest BCUT2D eigenvalue weighted by molar-refractivity contribution is 6.42. The van der Waals surface area contributed by atoms with E-state index < -0.39 is 0 Å². The van der Waals surface area contributed by atoms with Gasteiger partial charge in [0.2, 0.25) is 0 Å². The molecule has 2 rings (SSSR count). The lowest BCUT2D eigenvalue weighted by molar-refractivity contribution is -0.0757. The molecule has 0 unspecified atom stereocenters. The van der Waals surface area contributed by atoms with Crippen molar-refractivity contribution >= 4 is 29.1 Å². The van der Waals surface area contributed by atoms with E-state index in [9.17, 15) is 4.79 Å². The van der Waals surface area contributed by atoms with Crippen molar-refractivity contribution < 1.29 is 14.4 Å². The summed E-state index contributed by atoms with van der Waals surface area (Å²) in [5, 5.41) is 2.16. The molecule has 0 saturated heterocycles. The maximum absolute atomic E-state index is 11.9. The fourth-order valence-electron chi connectivity index (χ4n) is 1.75. The van der Waals surface area contributed by atoms with E-state index in [1.807, 2.05) is 6.07 Å². The number of rotatable bonds is 5. The van der Waals surface area contributed by atoms with Crippen molar-refractivity contribution in [1.82, 2.24) is 5.06 Å². The van der Waals surface area contributed by atoms with Gasteiger partial charge in [-0.1, -0.05) is 29.3 Å². The van der Waals surface area contributed by atoms with Crippen LogP contribution in [0.3, 0.4) is 0 Å². The van der Waals surface area contributed by atoms with Gasteiger partial charge in [0.15, 0.2) is 0 Å². The summed E-state index contributed by atoms with van der Waals surface area (Å²) < 4.78 is 5.65. The highest BCUT2D eigenvalue weighted by atomic mass is 35.5. The number of nitrogens with zero attached hydrogens (tertiary/aromatic N) is 1. The lowest BCUT2D eigenvalue weighted by Crippen LogP contribution is -2.25. The van der Waals surface area contributed by atoms with E-state index in [-0.39, 0.29) is 5.91 Å². The normalized spacial score (nSPS) is 10.4. The van der Waals surface area contributed by atoms with Crippen molar-refractivity contribution in [3.63, 3.8) is 0 Å². The minimum atomic E-state index is -0.224. The van der Waals surface area contributed by atoms with E-state index in [0.29, 0.717) is 28.0 Å². The zero-order chi connectivity index (χ0) is 16.1. The van der Waals surface area contributed by atoms with Gasteiger partial charge in [0.05, 0.1) is 17.2 Å². The quantitative estimate of drug-likeness (QED) is 0.766. The molecule has 0 radical (unpaired) electrons. The van der Waals surface area contributed by atoms with Gasteiger partial charge in [-0.15, -0.1) is 0 Å². The van der Waals surface area contributed by atoms with Gasteiger partial charge in [-0.3, -0.25) is 9.63 Å². The lowest BCUT2D eigenvalue weighted by Gasteiger charge is -2.14. The number of hydrogen-bond acceptors (Lipinski definition) is 3. The van der Waals surface area contributed by atoms with Gasteiger partial charge in [0.25, 0.3) is 5.91 Å². The Labute approximate surface area is 139 Å². The number of hydroxylamine groups is 2. The van der Waals surface area contributed by atoms with Crippen LogP contribution in [0, 0.1) is 0 Å². The van der Waals surface area contributed by atoms with E-state index in [4.69, 9.17) is 32.8 Å². The van der Waals surface area contributed by atoms with Crippen LogP contribution in [0.4, 0.5) is 0 Å². The third kappa shape index (κ3) is 4.13. The number of amides is 1. The van der Waals surface area contributed by atoms with E-state index in [2.05, 4.69) is 0 Å². The first kappa shape index (κ1) is 16.6. The molecule has 0 N–H and O–H groups in total. The highest BCUT2D eigenvalue weighted by Crippen LogP contribution is 2.23. The average Bonchev–Trinajstić information content (AvgIpc) is 2.55. The first-order valence-corrected chi connectivity index (χ1v) is 7.26. The Kier molecular flexibility index (Phi) is 5.66. The van der Waals surface area contributed by atoms with Crippen molar-refractivity contribution in [2.75, 3.05) is 14.2 Å². The largest absolute Gasteiger partial charge is 0.489 e. The van der Waals surface area contributed by atoms with Gasteiger partial charge < -0.3 is 4.74 Å². The number of halogens is 2. The second kappa shape index (κ2) is 7.49. The van der Waals surface area contributed by atoms with Crippen LogP contribution in [0.25, 0.3) is 0 Å². The molecule has 0 aliphatic heterocycles. The van der Waals surface area contributed by atoms with Crippen molar-refractivity contribution in [1.29, 1.82) is 0 Å². The van der Waals surface area contributed by atoms with Crippen LogP contribution >= 0.6 is 23.2 Å². The summed E-state index contributed by atoms with van der Waals surface area (Å²) in [6.45, 7) is 0.363. The van der Waals surface area contributed by atoms with Crippen molar-refractivity contribution in [3.05, 3.63) is 63.6 Å². The van der Waals surface area contributed by atoms with Crippen molar-refractivity contribution in [2.45, 2.75) is 6.61 Å². The molecule has 0 bridgehead atoms. The highest BCUT2D eigenvalue weighted by Gasteiger charge is 2.10. The molecule has 0 fully saturated rings. The molecule has 0 aliphatic rings. The first-order valence-electron chi connectivity index (χ1n) is 6.50. The predicted octanol–water partition coefficient (Wildman–Crippen LogP) is 4.21. The van der Waals surface area contributed by atoms with Crippen LogP contribution in [-0.2, 0) is 11.4 Å². The van der Waals surface area contributed by atoms with Crippen LogP contribution in [0.2, 0.25) is 10.0 Å². The number of hydrogen-bond donors (Lipinski definition) is 0. The standard InChI is InChI=1S/C16H15Cl2NO3/c1-19(21-2)16(20)12-4-6-13(7-5-12)22-10-11-3-8-14(17)15(18)9-11/h3-9H,10H2,1-2H3. The molecule has 4 nitrogen and oxygen atoms in total. The van der Waals surface area contributed by atoms with Gasteiger partial charge in [0, 0.05) is 12.6 Å². The second-order valence-electron chi connectivity index (χ2n) is 4.55. The minimum absolute atomic E-state index is 0.224. The second-order valence-corrected chi connectivity index (χ2v) is 5.36. The molecule has 0 heterocycles. The van der Waals surface area contributed by atoms with E-state index in [0.717, 1.165) is 10.6 Å². The number of benzene rings is 2. The lowest BCUT2D eigenvalue weighted by atomic mass is 10.2. The first-order chi connectivity index (χ1) is 10.5. The molecular weight excluding hydrogens is 325 g/mol. The Bertz CT molecular complexity index is 659. The molecular formula is C16H15Cl2NO3. The summed E-state index contributed by atoms with van der Waals surface area (Å²) >= 11 is 11.8.